The van der Waals surface area contributed by atoms with Gasteiger partial charge in [-0.2, -0.15) is 0 Å². The summed E-state index contributed by atoms with van der Waals surface area (Å²) >= 11 is 0. The van der Waals surface area contributed by atoms with Crippen LogP contribution in [0, 0.1) is 11.2 Å². The van der Waals surface area contributed by atoms with Crippen LogP contribution in [-0.2, 0) is 9.59 Å². The Kier molecular flexibility index (Phi) is 7.40. The molecule has 0 aromatic heterocycles. The number of carbonyl (C=O) groups is 2. The minimum Gasteiger partial charge on any atom is -0.355 e. The van der Waals surface area contributed by atoms with Crippen molar-refractivity contribution in [2.75, 3.05) is 38.5 Å². The minimum absolute atomic E-state index is 0. The molecule has 2 aliphatic heterocycles. The molecular formula is C18H25FIN5O2. The number of piperidine rings is 1. The van der Waals surface area contributed by atoms with Gasteiger partial charge in [0.2, 0.25) is 11.8 Å². The maximum Gasteiger partial charge on any atom is 0.243 e. The Morgan fingerprint density at radius 3 is 2.74 bits per heavy atom. The van der Waals surface area contributed by atoms with E-state index in [1.165, 1.54) is 24.3 Å². The fourth-order valence-corrected chi connectivity index (χ4v) is 3.66. The smallest absolute Gasteiger partial charge is 0.243 e. The lowest BCUT2D eigenvalue weighted by Gasteiger charge is -2.40. The van der Waals surface area contributed by atoms with Crippen molar-refractivity contribution in [3.05, 3.63) is 30.1 Å². The summed E-state index contributed by atoms with van der Waals surface area (Å²) in [7, 11) is 1.68. The molecule has 148 valence electrons. The fraction of sp³-hybridized carbons (Fsp3) is 0.500. The number of hydrogen-bond acceptors (Lipinski definition) is 3. The molecule has 2 heterocycles. The van der Waals surface area contributed by atoms with Gasteiger partial charge in [-0.25, -0.2) is 4.39 Å². The third-order valence-corrected chi connectivity index (χ3v) is 4.90. The molecule has 27 heavy (non-hydrogen) atoms. The molecule has 2 amide bonds. The molecule has 1 atom stereocenters. The maximum atomic E-state index is 12.9. The number of rotatable bonds is 3. The standard InChI is InChI=1S/C18H24FN5O2.HI/c1-20-17(21-10-16(26)23-14-5-3-13(19)4-6-14)24-8-2-7-18(12-24)9-15(25)22-11-18;/h3-6H,2,7-12H2,1H3,(H,20,21)(H,22,25)(H,23,26);1H. The number of anilines is 1. The predicted octanol–water partition coefficient (Wildman–Crippen LogP) is 1.56. The molecule has 1 unspecified atom stereocenters. The Morgan fingerprint density at radius 1 is 1.37 bits per heavy atom. The molecule has 0 saturated carbocycles. The largest absolute Gasteiger partial charge is 0.355 e. The van der Waals surface area contributed by atoms with Gasteiger partial charge in [-0.05, 0) is 37.1 Å². The Bertz CT molecular complexity index is 712. The molecule has 2 fully saturated rings. The second kappa shape index (κ2) is 9.34. The summed E-state index contributed by atoms with van der Waals surface area (Å²) in [6.45, 7) is 2.34. The number of hydrogen-bond donors (Lipinski definition) is 3. The molecule has 1 spiro atoms. The van der Waals surface area contributed by atoms with Gasteiger partial charge in [0.1, 0.15) is 5.82 Å². The van der Waals surface area contributed by atoms with Crippen LogP contribution < -0.4 is 16.0 Å². The highest BCUT2D eigenvalue weighted by Crippen LogP contribution is 2.35. The van der Waals surface area contributed by atoms with Gasteiger partial charge < -0.3 is 20.9 Å². The van der Waals surface area contributed by atoms with E-state index in [0.717, 1.165) is 25.9 Å². The third-order valence-electron chi connectivity index (χ3n) is 4.90. The minimum atomic E-state index is -0.347. The van der Waals surface area contributed by atoms with Crippen molar-refractivity contribution in [1.29, 1.82) is 0 Å². The highest BCUT2D eigenvalue weighted by Gasteiger charge is 2.42. The molecular weight excluding hydrogens is 464 g/mol. The van der Waals surface area contributed by atoms with E-state index in [1.54, 1.807) is 7.05 Å². The topological polar surface area (TPSA) is 85.8 Å². The first-order chi connectivity index (χ1) is 12.5. The lowest BCUT2D eigenvalue weighted by Crippen LogP contribution is -2.52. The molecule has 0 aliphatic carbocycles. The normalized spacial score (nSPS) is 22.2. The summed E-state index contributed by atoms with van der Waals surface area (Å²) in [5.74, 6) is 0.175. The predicted molar refractivity (Wildman–Crippen MR) is 113 cm³/mol. The van der Waals surface area contributed by atoms with Crippen LogP contribution >= 0.6 is 24.0 Å². The van der Waals surface area contributed by atoms with E-state index in [2.05, 4.69) is 25.8 Å². The lowest BCUT2D eigenvalue weighted by molar-refractivity contribution is -0.120. The van der Waals surface area contributed by atoms with E-state index in [1.807, 2.05) is 0 Å². The van der Waals surface area contributed by atoms with Crippen molar-refractivity contribution >= 4 is 47.4 Å². The molecule has 0 bridgehead atoms. The van der Waals surface area contributed by atoms with Gasteiger partial charge >= 0.3 is 0 Å². The summed E-state index contributed by atoms with van der Waals surface area (Å²) in [6.07, 6.45) is 2.55. The fourth-order valence-electron chi connectivity index (χ4n) is 3.66. The van der Waals surface area contributed by atoms with Crippen molar-refractivity contribution < 1.29 is 14.0 Å². The highest BCUT2D eigenvalue weighted by atomic mass is 127. The monoisotopic (exact) mass is 489 g/mol. The summed E-state index contributed by atoms with van der Waals surface area (Å²) < 4.78 is 12.9. The Labute approximate surface area is 175 Å². The van der Waals surface area contributed by atoms with Crippen molar-refractivity contribution in [3.8, 4) is 0 Å². The van der Waals surface area contributed by atoms with Crippen LogP contribution in [-0.4, -0.2) is 55.9 Å². The summed E-state index contributed by atoms with van der Waals surface area (Å²) in [5.41, 5.74) is 0.504. The average Bonchev–Trinajstić information content (AvgIpc) is 2.97. The molecule has 1 aromatic rings. The SMILES string of the molecule is CN=C(NCC(=O)Nc1ccc(F)cc1)N1CCCC2(CNC(=O)C2)C1.I. The van der Waals surface area contributed by atoms with Gasteiger partial charge in [0, 0.05) is 44.2 Å². The van der Waals surface area contributed by atoms with Crippen LogP contribution in [0.5, 0.6) is 0 Å². The molecule has 3 N–H and O–H groups in total. The van der Waals surface area contributed by atoms with Crippen molar-refractivity contribution in [3.63, 3.8) is 0 Å². The molecule has 7 nitrogen and oxygen atoms in total. The number of amides is 2. The van der Waals surface area contributed by atoms with Crippen LogP contribution in [0.15, 0.2) is 29.3 Å². The first-order valence-electron chi connectivity index (χ1n) is 8.77. The maximum absolute atomic E-state index is 12.9. The number of carbonyl (C=O) groups excluding carboxylic acids is 2. The van der Waals surface area contributed by atoms with E-state index >= 15 is 0 Å². The van der Waals surface area contributed by atoms with Crippen LogP contribution in [0.25, 0.3) is 0 Å². The number of halogens is 2. The summed E-state index contributed by atoms with van der Waals surface area (Å²) in [6, 6.07) is 5.62. The van der Waals surface area contributed by atoms with E-state index in [0.29, 0.717) is 24.6 Å². The number of nitrogens with zero attached hydrogens (tertiary/aromatic N) is 2. The Balaban J connectivity index is 0.00000261. The first-order valence-corrected chi connectivity index (χ1v) is 8.77. The first kappa shape index (κ1) is 21.4. The molecule has 1 aromatic carbocycles. The number of benzene rings is 1. The van der Waals surface area contributed by atoms with E-state index in [-0.39, 0.29) is 53.6 Å². The highest BCUT2D eigenvalue weighted by molar-refractivity contribution is 14.0. The quantitative estimate of drug-likeness (QED) is 0.342. The second-order valence-electron chi connectivity index (χ2n) is 6.93. The Hall–Kier alpha value is -1.91. The van der Waals surface area contributed by atoms with E-state index < -0.39 is 0 Å². The number of nitrogens with one attached hydrogen (secondary N) is 3. The van der Waals surface area contributed by atoms with Crippen LogP contribution in [0.4, 0.5) is 10.1 Å². The van der Waals surface area contributed by atoms with Crippen LogP contribution in [0.2, 0.25) is 0 Å². The van der Waals surface area contributed by atoms with Gasteiger partial charge in [0.25, 0.3) is 0 Å². The van der Waals surface area contributed by atoms with Gasteiger partial charge in [-0.3, -0.25) is 14.6 Å². The second-order valence-corrected chi connectivity index (χ2v) is 6.93. The van der Waals surface area contributed by atoms with Gasteiger partial charge in [0.15, 0.2) is 5.96 Å². The van der Waals surface area contributed by atoms with Gasteiger partial charge in [0.05, 0.1) is 6.54 Å². The zero-order chi connectivity index (χ0) is 18.6. The van der Waals surface area contributed by atoms with Crippen molar-refractivity contribution in [2.45, 2.75) is 19.3 Å². The number of aliphatic imine (C=N–C) groups is 1. The molecule has 3 rings (SSSR count). The van der Waals surface area contributed by atoms with Crippen molar-refractivity contribution in [2.24, 2.45) is 10.4 Å². The Morgan fingerprint density at radius 2 is 2.11 bits per heavy atom. The van der Waals surface area contributed by atoms with Crippen LogP contribution in [0.1, 0.15) is 19.3 Å². The van der Waals surface area contributed by atoms with E-state index in [4.69, 9.17) is 0 Å². The number of likely N-dealkylation sites (tertiary alicyclic amines) is 1. The lowest BCUT2D eigenvalue weighted by atomic mass is 9.79. The zero-order valence-corrected chi connectivity index (χ0v) is 17.6. The molecule has 2 saturated heterocycles. The zero-order valence-electron chi connectivity index (χ0n) is 15.3. The van der Waals surface area contributed by atoms with Gasteiger partial charge in [-0.15, -0.1) is 24.0 Å². The number of guanidine groups is 1. The van der Waals surface area contributed by atoms with Gasteiger partial charge in [-0.1, -0.05) is 0 Å². The summed E-state index contributed by atoms with van der Waals surface area (Å²) in [4.78, 5) is 30.1. The summed E-state index contributed by atoms with van der Waals surface area (Å²) in [5, 5.41) is 8.70. The van der Waals surface area contributed by atoms with Crippen LogP contribution in [0.3, 0.4) is 0 Å². The van der Waals surface area contributed by atoms with Crippen molar-refractivity contribution in [1.82, 2.24) is 15.5 Å². The molecule has 9 heteroatoms. The third kappa shape index (κ3) is 5.53. The average molecular weight is 489 g/mol. The molecule has 0 radical (unpaired) electrons. The van der Waals surface area contributed by atoms with E-state index in [9.17, 15) is 14.0 Å². The molecule has 2 aliphatic rings.